The van der Waals surface area contributed by atoms with Gasteiger partial charge in [0.05, 0.1) is 0 Å². The SMILES string of the molecule is CC(c1ccccc1)C(C)(O)C(=O)OCC#N. The lowest BCUT2D eigenvalue weighted by atomic mass is 9.85. The lowest BCUT2D eigenvalue weighted by Gasteiger charge is -2.27. The number of rotatable bonds is 4. The summed E-state index contributed by atoms with van der Waals surface area (Å²) in [4.78, 5) is 11.6. The van der Waals surface area contributed by atoms with Crippen LogP contribution in [0, 0.1) is 11.3 Å². The van der Waals surface area contributed by atoms with Gasteiger partial charge in [-0.25, -0.2) is 4.79 Å². The molecule has 0 heterocycles. The second-order valence-electron chi connectivity index (χ2n) is 4.01. The van der Waals surface area contributed by atoms with Gasteiger partial charge in [0.25, 0.3) is 0 Å². The Kier molecular flexibility index (Phi) is 4.24. The highest BCUT2D eigenvalue weighted by Crippen LogP contribution is 2.28. The van der Waals surface area contributed by atoms with Gasteiger partial charge in [0.15, 0.2) is 12.2 Å². The van der Waals surface area contributed by atoms with Crippen molar-refractivity contribution < 1.29 is 14.6 Å². The van der Waals surface area contributed by atoms with E-state index in [9.17, 15) is 9.90 Å². The van der Waals surface area contributed by atoms with E-state index in [1.807, 2.05) is 30.3 Å². The zero-order valence-electron chi connectivity index (χ0n) is 9.88. The third-order valence-electron chi connectivity index (χ3n) is 2.82. The predicted octanol–water partition coefficient (Wildman–Crippen LogP) is 1.61. The summed E-state index contributed by atoms with van der Waals surface area (Å²) in [5.74, 6) is -1.19. The molecule has 0 saturated heterocycles. The molecule has 2 unspecified atom stereocenters. The summed E-state index contributed by atoms with van der Waals surface area (Å²) in [6, 6.07) is 10.9. The zero-order valence-corrected chi connectivity index (χ0v) is 9.88. The average molecular weight is 233 g/mol. The van der Waals surface area contributed by atoms with E-state index in [-0.39, 0.29) is 6.61 Å². The molecule has 1 aromatic carbocycles. The first-order chi connectivity index (χ1) is 8.00. The van der Waals surface area contributed by atoms with Crippen molar-refractivity contribution in [2.75, 3.05) is 6.61 Å². The quantitative estimate of drug-likeness (QED) is 0.802. The third-order valence-corrected chi connectivity index (χ3v) is 2.82. The molecule has 1 N–H and O–H groups in total. The van der Waals surface area contributed by atoms with E-state index in [1.54, 1.807) is 13.0 Å². The number of hydrogen-bond donors (Lipinski definition) is 1. The highest BCUT2D eigenvalue weighted by Gasteiger charge is 2.38. The van der Waals surface area contributed by atoms with Gasteiger partial charge in [-0.1, -0.05) is 37.3 Å². The van der Waals surface area contributed by atoms with E-state index in [1.165, 1.54) is 6.92 Å². The Balaban J connectivity index is 2.83. The Morgan fingerprint density at radius 2 is 2.12 bits per heavy atom. The summed E-state index contributed by atoms with van der Waals surface area (Å²) < 4.78 is 4.65. The molecule has 17 heavy (non-hydrogen) atoms. The van der Waals surface area contributed by atoms with Gasteiger partial charge in [0.2, 0.25) is 0 Å². The number of esters is 1. The van der Waals surface area contributed by atoms with Gasteiger partial charge >= 0.3 is 5.97 Å². The van der Waals surface area contributed by atoms with E-state index in [4.69, 9.17) is 5.26 Å². The van der Waals surface area contributed by atoms with Crippen molar-refractivity contribution in [2.45, 2.75) is 25.4 Å². The number of nitrogens with zero attached hydrogens (tertiary/aromatic N) is 1. The second-order valence-corrected chi connectivity index (χ2v) is 4.01. The Morgan fingerprint density at radius 1 is 1.53 bits per heavy atom. The predicted molar refractivity (Wildman–Crippen MR) is 62.1 cm³/mol. The minimum atomic E-state index is -1.64. The van der Waals surface area contributed by atoms with Crippen molar-refractivity contribution in [3.05, 3.63) is 35.9 Å². The molecule has 0 amide bonds. The minimum Gasteiger partial charge on any atom is -0.448 e. The van der Waals surface area contributed by atoms with Crippen LogP contribution in [0.4, 0.5) is 0 Å². The molecule has 1 aromatic rings. The molecule has 0 saturated carbocycles. The van der Waals surface area contributed by atoms with Crippen LogP contribution < -0.4 is 0 Å². The van der Waals surface area contributed by atoms with Crippen LogP contribution in [0.15, 0.2) is 30.3 Å². The number of hydrogen-bond acceptors (Lipinski definition) is 4. The molecule has 0 aliphatic carbocycles. The first-order valence-electron chi connectivity index (χ1n) is 5.31. The standard InChI is InChI=1S/C13H15NO3/c1-10(11-6-4-3-5-7-11)13(2,16)12(15)17-9-8-14/h3-7,10,16H,9H2,1-2H3. The fourth-order valence-electron chi connectivity index (χ4n) is 1.49. The Labute approximate surface area is 100 Å². The number of ether oxygens (including phenoxy) is 1. The highest BCUT2D eigenvalue weighted by atomic mass is 16.5. The van der Waals surface area contributed by atoms with Crippen molar-refractivity contribution in [2.24, 2.45) is 0 Å². The number of carbonyl (C=O) groups is 1. The van der Waals surface area contributed by atoms with Crippen molar-refractivity contribution in [3.8, 4) is 6.07 Å². The Hall–Kier alpha value is -1.86. The third kappa shape index (κ3) is 3.05. The molecule has 2 atom stereocenters. The topological polar surface area (TPSA) is 70.3 Å². The van der Waals surface area contributed by atoms with Crippen molar-refractivity contribution in [1.29, 1.82) is 5.26 Å². The minimum absolute atomic E-state index is 0.351. The van der Waals surface area contributed by atoms with Gasteiger partial charge in [-0.3, -0.25) is 0 Å². The van der Waals surface area contributed by atoms with Gasteiger partial charge in [0.1, 0.15) is 6.07 Å². The van der Waals surface area contributed by atoms with E-state index in [0.29, 0.717) is 0 Å². The molecular formula is C13H15NO3. The molecule has 4 nitrogen and oxygen atoms in total. The van der Waals surface area contributed by atoms with Crippen LogP contribution in [0.25, 0.3) is 0 Å². The molecule has 0 fully saturated rings. The molecule has 90 valence electrons. The van der Waals surface area contributed by atoms with Crippen LogP contribution >= 0.6 is 0 Å². The maximum Gasteiger partial charge on any atom is 0.339 e. The van der Waals surface area contributed by atoms with Gasteiger partial charge in [-0.2, -0.15) is 5.26 Å². The summed E-state index contributed by atoms with van der Waals surface area (Å²) >= 11 is 0. The zero-order chi connectivity index (χ0) is 12.9. The molecule has 0 aliphatic rings. The molecular weight excluding hydrogens is 218 g/mol. The maximum atomic E-state index is 11.6. The summed E-state index contributed by atoms with van der Waals surface area (Å²) in [5, 5.41) is 18.5. The lowest BCUT2D eigenvalue weighted by Crippen LogP contribution is -2.41. The summed E-state index contributed by atoms with van der Waals surface area (Å²) in [7, 11) is 0. The number of nitriles is 1. The highest BCUT2D eigenvalue weighted by molar-refractivity contribution is 5.80. The first-order valence-corrected chi connectivity index (χ1v) is 5.31. The molecule has 0 aliphatic heterocycles. The van der Waals surface area contributed by atoms with Crippen molar-refractivity contribution in [1.82, 2.24) is 0 Å². The smallest absolute Gasteiger partial charge is 0.339 e. The monoisotopic (exact) mass is 233 g/mol. The molecule has 0 spiro atoms. The van der Waals surface area contributed by atoms with E-state index in [0.717, 1.165) is 5.56 Å². The first kappa shape index (κ1) is 13.2. The average Bonchev–Trinajstić information content (AvgIpc) is 2.35. The van der Waals surface area contributed by atoms with Gasteiger partial charge in [0, 0.05) is 5.92 Å². The van der Waals surface area contributed by atoms with Crippen LogP contribution in [0.1, 0.15) is 25.3 Å². The summed E-state index contributed by atoms with van der Waals surface area (Å²) in [6.07, 6.45) is 0. The van der Waals surface area contributed by atoms with Crippen LogP contribution in [0.3, 0.4) is 0 Å². The van der Waals surface area contributed by atoms with Crippen LogP contribution in [-0.2, 0) is 9.53 Å². The van der Waals surface area contributed by atoms with E-state index in [2.05, 4.69) is 4.74 Å². The van der Waals surface area contributed by atoms with Gasteiger partial charge in [-0.05, 0) is 12.5 Å². The maximum absolute atomic E-state index is 11.6. The van der Waals surface area contributed by atoms with E-state index < -0.39 is 17.5 Å². The van der Waals surface area contributed by atoms with Crippen molar-refractivity contribution in [3.63, 3.8) is 0 Å². The van der Waals surface area contributed by atoms with E-state index >= 15 is 0 Å². The second kappa shape index (κ2) is 5.46. The largest absolute Gasteiger partial charge is 0.448 e. The number of carbonyl (C=O) groups excluding carboxylic acids is 1. The Bertz CT molecular complexity index is 420. The van der Waals surface area contributed by atoms with Crippen LogP contribution in [-0.4, -0.2) is 23.3 Å². The molecule has 0 radical (unpaired) electrons. The summed E-state index contributed by atoms with van der Waals surface area (Å²) in [5.41, 5.74) is -0.801. The Morgan fingerprint density at radius 3 is 2.65 bits per heavy atom. The van der Waals surface area contributed by atoms with Crippen LogP contribution in [0.2, 0.25) is 0 Å². The lowest BCUT2D eigenvalue weighted by molar-refractivity contribution is -0.164. The van der Waals surface area contributed by atoms with Gasteiger partial charge < -0.3 is 9.84 Å². The number of benzene rings is 1. The molecule has 0 bridgehead atoms. The molecule has 1 rings (SSSR count). The van der Waals surface area contributed by atoms with Gasteiger partial charge in [-0.15, -0.1) is 0 Å². The molecule has 4 heteroatoms. The van der Waals surface area contributed by atoms with Crippen molar-refractivity contribution >= 4 is 5.97 Å². The normalized spacial score (nSPS) is 15.4. The number of aliphatic hydroxyl groups is 1. The fraction of sp³-hybridized carbons (Fsp3) is 0.385. The molecule has 0 aromatic heterocycles. The summed E-state index contributed by atoms with van der Waals surface area (Å²) in [6.45, 7) is 2.78. The fourth-order valence-corrected chi connectivity index (χ4v) is 1.49. The van der Waals surface area contributed by atoms with Crippen LogP contribution in [0.5, 0.6) is 0 Å².